The van der Waals surface area contributed by atoms with Crippen molar-refractivity contribution in [2.75, 3.05) is 39.4 Å². The Morgan fingerprint density at radius 2 is 1.77 bits per heavy atom. The topological polar surface area (TPSA) is 75.9 Å². The quantitative estimate of drug-likeness (QED) is 0.739. The van der Waals surface area contributed by atoms with E-state index in [0.717, 1.165) is 0 Å². The smallest absolute Gasteiger partial charge is 0.276 e. The minimum Gasteiger partial charge on any atom is -0.445 e. The molecule has 2 aliphatic rings. The molecule has 0 atom stereocenters. The predicted octanol–water partition coefficient (Wildman–Crippen LogP) is 3.27. The molecule has 0 unspecified atom stereocenters. The summed E-state index contributed by atoms with van der Waals surface area (Å²) in [5.41, 5.74) is 0.719. The lowest BCUT2D eigenvalue weighted by Crippen LogP contribution is -2.41. The molecule has 2 aliphatic heterocycles. The zero-order valence-electron chi connectivity index (χ0n) is 16.7. The Hall–Kier alpha value is -2.45. The molecule has 0 radical (unpaired) electrons. The van der Waals surface area contributed by atoms with Gasteiger partial charge < -0.3 is 19.0 Å². The molecule has 0 spiro atoms. The van der Waals surface area contributed by atoms with Crippen LogP contribution in [-0.2, 0) is 4.74 Å². The molecule has 0 aliphatic carbocycles. The van der Waals surface area contributed by atoms with Gasteiger partial charge in [0, 0.05) is 37.7 Å². The van der Waals surface area contributed by atoms with E-state index in [1.54, 1.807) is 16.7 Å². The van der Waals surface area contributed by atoms with Crippen LogP contribution >= 0.6 is 11.6 Å². The van der Waals surface area contributed by atoms with Crippen molar-refractivity contribution in [3.05, 3.63) is 51.9 Å². The number of ether oxygens (including phenoxy) is 1. The average molecular weight is 436 g/mol. The van der Waals surface area contributed by atoms with Crippen LogP contribution in [0.1, 0.15) is 51.3 Å². The normalized spacial score (nSPS) is 18.0. The number of carbonyl (C=O) groups excluding carboxylic acids is 2. The van der Waals surface area contributed by atoms with E-state index in [0.29, 0.717) is 75.1 Å². The van der Waals surface area contributed by atoms with E-state index in [-0.39, 0.29) is 22.8 Å². The summed E-state index contributed by atoms with van der Waals surface area (Å²) in [5.74, 6) is 0.236. The molecule has 1 aromatic carbocycles. The number of morpholine rings is 1. The molecule has 2 amide bonds. The highest BCUT2D eigenvalue weighted by atomic mass is 35.5. The maximum atomic E-state index is 13.3. The molecule has 7 nitrogen and oxygen atoms in total. The van der Waals surface area contributed by atoms with E-state index >= 15 is 0 Å². The first kappa shape index (κ1) is 20.8. The van der Waals surface area contributed by atoms with Gasteiger partial charge in [-0.3, -0.25) is 9.59 Å². The number of likely N-dealkylation sites (tertiary alicyclic amines) is 1. The van der Waals surface area contributed by atoms with Crippen LogP contribution in [0.2, 0.25) is 5.02 Å². The van der Waals surface area contributed by atoms with Crippen molar-refractivity contribution in [1.82, 2.24) is 14.8 Å². The summed E-state index contributed by atoms with van der Waals surface area (Å²) in [6.45, 7) is 4.95. The average Bonchev–Trinajstić information content (AvgIpc) is 3.17. The maximum Gasteiger partial charge on any atom is 0.276 e. The summed E-state index contributed by atoms with van der Waals surface area (Å²) < 4.78 is 24.5. The Morgan fingerprint density at radius 1 is 1.10 bits per heavy atom. The molecule has 2 aromatic rings. The molecular formula is C21H23ClFN3O4. The van der Waals surface area contributed by atoms with Crippen LogP contribution in [0.3, 0.4) is 0 Å². The molecule has 1 aromatic heterocycles. The van der Waals surface area contributed by atoms with Crippen molar-refractivity contribution < 1.29 is 23.1 Å². The first-order valence-electron chi connectivity index (χ1n) is 10.0. The van der Waals surface area contributed by atoms with E-state index in [1.807, 2.05) is 0 Å². The fraction of sp³-hybridized carbons (Fsp3) is 0.476. The standard InChI is InChI=1S/C21H23ClFN3O4/c1-13-18(21(28)26-8-10-29-11-9-26)24-19(30-13)14-4-6-25(7-5-14)20(27)15-2-3-17(23)16(22)12-15/h2-3,12,14H,4-11H2,1H3. The van der Waals surface area contributed by atoms with E-state index in [2.05, 4.69) is 4.98 Å². The summed E-state index contributed by atoms with van der Waals surface area (Å²) in [5, 5.41) is -0.0662. The van der Waals surface area contributed by atoms with Crippen LogP contribution in [0.5, 0.6) is 0 Å². The summed E-state index contributed by atoms with van der Waals surface area (Å²) >= 11 is 5.79. The van der Waals surface area contributed by atoms with E-state index in [4.69, 9.17) is 20.8 Å². The third-order valence-corrected chi connectivity index (χ3v) is 5.90. The van der Waals surface area contributed by atoms with Crippen molar-refractivity contribution in [3.63, 3.8) is 0 Å². The monoisotopic (exact) mass is 435 g/mol. The molecule has 2 saturated heterocycles. The Bertz CT molecular complexity index is 950. The number of aromatic nitrogens is 1. The Morgan fingerprint density at radius 3 is 2.43 bits per heavy atom. The lowest BCUT2D eigenvalue weighted by atomic mass is 9.96. The molecule has 9 heteroatoms. The number of carbonyl (C=O) groups is 2. The molecule has 0 saturated carbocycles. The fourth-order valence-electron chi connectivity index (χ4n) is 3.85. The summed E-state index contributed by atoms with van der Waals surface area (Å²) in [6.07, 6.45) is 1.34. The van der Waals surface area contributed by atoms with E-state index < -0.39 is 5.82 Å². The number of hydrogen-bond donors (Lipinski definition) is 0. The first-order valence-corrected chi connectivity index (χ1v) is 10.4. The second kappa shape index (κ2) is 8.73. The number of benzene rings is 1. The number of amides is 2. The second-order valence-corrected chi connectivity index (χ2v) is 7.96. The Balaban J connectivity index is 1.40. The summed E-state index contributed by atoms with van der Waals surface area (Å²) in [7, 11) is 0. The van der Waals surface area contributed by atoms with Gasteiger partial charge in [-0.1, -0.05) is 11.6 Å². The predicted molar refractivity (Wildman–Crippen MR) is 107 cm³/mol. The number of rotatable bonds is 3. The van der Waals surface area contributed by atoms with Gasteiger partial charge >= 0.3 is 0 Å². The molecule has 4 rings (SSSR count). The maximum absolute atomic E-state index is 13.3. The third-order valence-electron chi connectivity index (χ3n) is 5.61. The molecule has 3 heterocycles. The highest BCUT2D eigenvalue weighted by Gasteiger charge is 2.30. The minimum atomic E-state index is -0.548. The van der Waals surface area contributed by atoms with Crippen molar-refractivity contribution >= 4 is 23.4 Å². The molecule has 30 heavy (non-hydrogen) atoms. The summed E-state index contributed by atoms with van der Waals surface area (Å²) in [6, 6.07) is 3.99. The third kappa shape index (κ3) is 4.20. The molecule has 0 N–H and O–H groups in total. The number of halogens is 2. The van der Waals surface area contributed by atoms with Crippen LogP contribution < -0.4 is 0 Å². The van der Waals surface area contributed by atoms with Crippen molar-refractivity contribution in [2.24, 2.45) is 0 Å². The number of aryl methyl sites for hydroxylation is 1. The van der Waals surface area contributed by atoms with Gasteiger partial charge in [0.15, 0.2) is 11.6 Å². The molecular weight excluding hydrogens is 413 g/mol. The van der Waals surface area contributed by atoms with Gasteiger partial charge in [-0.05, 0) is 38.0 Å². The molecule has 0 bridgehead atoms. The number of hydrogen-bond acceptors (Lipinski definition) is 5. The highest BCUT2D eigenvalue weighted by molar-refractivity contribution is 6.31. The van der Waals surface area contributed by atoms with E-state index in [1.165, 1.54) is 18.2 Å². The van der Waals surface area contributed by atoms with Gasteiger partial charge in [0.1, 0.15) is 11.6 Å². The SMILES string of the molecule is Cc1oc(C2CCN(C(=O)c3ccc(F)c(Cl)c3)CC2)nc1C(=O)N1CCOCC1. The van der Waals surface area contributed by atoms with Gasteiger partial charge in [-0.25, -0.2) is 9.37 Å². The summed E-state index contributed by atoms with van der Waals surface area (Å²) in [4.78, 5) is 33.3. The number of piperidine rings is 1. The highest BCUT2D eigenvalue weighted by Crippen LogP contribution is 2.30. The minimum absolute atomic E-state index is 0.0378. The van der Waals surface area contributed by atoms with Crippen LogP contribution in [0, 0.1) is 12.7 Å². The second-order valence-electron chi connectivity index (χ2n) is 7.56. The lowest BCUT2D eigenvalue weighted by molar-refractivity contribution is 0.0298. The number of oxazole rings is 1. The van der Waals surface area contributed by atoms with Gasteiger partial charge in [0.25, 0.3) is 11.8 Å². The number of nitrogens with zero attached hydrogens (tertiary/aromatic N) is 3. The van der Waals surface area contributed by atoms with Gasteiger partial charge in [-0.15, -0.1) is 0 Å². The molecule has 2 fully saturated rings. The van der Waals surface area contributed by atoms with Crippen LogP contribution in [-0.4, -0.2) is 66.0 Å². The van der Waals surface area contributed by atoms with Crippen molar-refractivity contribution in [3.8, 4) is 0 Å². The fourth-order valence-corrected chi connectivity index (χ4v) is 4.03. The lowest BCUT2D eigenvalue weighted by Gasteiger charge is -2.30. The van der Waals surface area contributed by atoms with Crippen molar-refractivity contribution in [2.45, 2.75) is 25.7 Å². The zero-order chi connectivity index (χ0) is 21.3. The molecule has 160 valence electrons. The first-order chi connectivity index (χ1) is 14.4. The van der Waals surface area contributed by atoms with Crippen molar-refractivity contribution in [1.29, 1.82) is 0 Å². The van der Waals surface area contributed by atoms with Crippen LogP contribution in [0.4, 0.5) is 4.39 Å². The van der Waals surface area contributed by atoms with Gasteiger partial charge in [0.2, 0.25) is 0 Å². The zero-order valence-corrected chi connectivity index (χ0v) is 17.5. The largest absolute Gasteiger partial charge is 0.445 e. The van der Waals surface area contributed by atoms with Gasteiger partial charge in [-0.2, -0.15) is 0 Å². The van der Waals surface area contributed by atoms with E-state index in [9.17, 15) is 14.0 Å². The van der Waals surface area contributed by atoms with Crippen LogP contribution in [0.15, 0.2) is 22.6 Å². The van der Waals surface area contributed by atoms with Crippen LogP contribution in [0.25, 0.3) is 0 Å². The van der Waals surface area contributed by atoms with Gasteiger partial charge in [0.05, 0.1) is 18.2 Å². The Kier molecular flexibility index (Phi) is 6.06. The Labute approximate surface area is 178 Å².